The summed E-state index contributed by atoms with van der Waals surface area (Å²) in [4.78, 5) is 2.35. The zero-order valence-electron chi connectivity index (χ0n) is 10.7. The van der Waals surface area contributed by atoms with Gasteiger partial charge in [-0.05, 0) is 6.92 Å². The average molecular weight is 256 g/mol. The third kappa shape index (κ3) is 2.69. The maximum absolute atomic E-state index is 11.3. The lowest BCUT2D eigenvalue weighted by atomic mass is 10.2. The number of anilines is 1. The molecular weight excluding hydrogens is 236 g/mol. The molecular formula is C11H20N4OS. The van der Waals surface area contributed by atoms with Crippen molar-refractivity contribution < 1.29 is 4.21 Å². The Morgan fingerprint density at radius 2 is 2.06 bits per heavy atom. The highest BCUT2D eigenvalue weighted by molar-refractivity contribution is 7.85. The second kappa shape index (κ2) is 5.18. The van der Waals surface area contributed by atoms with E-state index in [0.717, 1.165) is 42.7 Å². The Balaban J connectivity index is 2.10. The Kier molecular flexibility index (Phi) is 3.83. The largest absolute Gasteiger partial charge is 0.373 e. The van der Waals surface area contributed by atoms with Gasteiger partial charge in [0.2, 0.25) is 0 Å². The fraction of sp³-hybridized carbons (Fsp3) is 0.727. The molecule has 96 valence electrons. The van der Waals surface area contributed by atoms with Crippen molar-refractivity contribution in [2.24, 2.45) is 7.05 Å². The quantitative estimate of drug-likeness (QED) is 0.847. The zero-order chi connectivity index (χ0) is 12.4. The van der Waals surface area contributed by atoms with E-state index in [2.05, 4.69) is 15.3 Å². The fourth-order valence-corrected chi connectivity index (χ4v) is 3.39. The summed E-state index contributed by atoms with van der Waals surface area (Å²) in [7, 11) is 3.27. The van der Waals surface area contributed by atoms with Crippen LogP contribution in [0.1, 0.15) is 11.3 Å². The lowest BCUT2D eigenvalue weighted by Crippen LogP contribution is -2.37. The molecule has 1 N–H and O–H groups in total. The molecule has 1 fully saturated rings. The van der Waals surface area contributed by atoms with Crippen molar-refractivity contribution in [2.45, 2.75) is 13.5 Å². The summed E-state index contributed by atoms with van der Waals surface area (Å²) in [6.07, 6.45) is 0. The van der Waals surface area contributed by atoms with Gasteiger partial charge >= 0.3 is 0 Å². The molecule has 0 saturated carbocycles. The minimum atomic E-state index is -0.604. The van der Waals surface area contributed by atoms with Crippen molar-refractivity contribution in [3.8, 4) is 0 Å². The number of hydrogen-bond donors (Lipinski definition) is 1. The van der Waals surface area contributed by atoms with Gasteiger partial charge in [-0.3, -0.25) is 13.8 Å². The molecule has 0 atom stereocenters. The van der Waals surface area contributed by atoms with Crippen LogP contribution >= 0.6 is 0 Å². The van der Waals surface area contributed by atoms with E-state index in [4.69, 9.17) is 0 Å². The molecule has 17 heavy (non-hydrogen) atoms. The summed E-state index contributed by atoms with van der Waals surface area (Å²) in [6, 6.07) is 0. The summed E-state index contributed by atoms with van der Waals surface area (Å²) < 4.78 is 13.2. The van der Waals surface area contributed by atoms with Gasteiger partial charge in [-0.2, -0.15) is 5.10 Å². The first-order valence-electron chi connectivity index (χ1n) is 5.89. The van der Waals surface area contributed by atoms with Gasteiger partial charge in [0, 0.05) is 61.6 Å². The van der Waals surface area contributed by atoms with E-state index >= 15 is 0 Å². The van der Waals surface area contributed by atoms with Crippen molar-refractivity contribution in [3.05, 3.63) is 11.3 Å². The van der Waals surface area contributed by atoms with Crippen LogP contribution in [0.25, 0.3) is 0 Å². The molecule has 2 rings (SSSR count). The first-order valence-corrected chi connectivity index (χ1v) is 7.38. The average Bonchev–Trinajstić information content (AvgIpc) is 2.57. The van der Waals surface area contributed by atoms with Crippen molar-refractivity contribution in [1.82, 2.24) is 14.7 Å². The lowest BCUT2D eigenvalue weighted by molar-refractivity contribution is 0.291. The van der Waals surface area contributed by atoms with Gasteiger partial charge in [0.05, 0.1) is 5.69 Å². The van der Waals surface area contributed by atoms with E-state index in [0.29, 0.717) is 0 Å². The Hall–Kier alpha value is -0.880. The van der Waals surface area contributed by atoms with E-state index in [1.807, 2.05) is 25.7 Å². The van der Waals surface area contributed by atoms with Gasteiger partial charge in [-0.25, -0.2) is 0 Å². The number of aryl methyl sites for hydroxylation is 2. The smallest absolute Gasteiger partial charge is 0.128 e. The topological polar surface area (TPSA) is 50.2 Å². The molecule has 6 heteroatoms. The van der Waals surface area contributed by atoms with Gasteiger partial charge in [0.1, 0.15) is 5.82 Å². The van der Waals surface area contributed by atoms with E-state index in [-0.39, 0.29) is 0 Å². The first kappa shape index (κ1) is 12.6. The van der Waals surface area contributed by atoms with Gasteiger partial charge in [-0.1, -0.05) is 0 Å². The summed E-state index contributed by atoms with van der Waals surface area (Å²) in [6.45, 7) is 4.78. The molecule has 0 bridgehead atoms. The summed E-state index contributed by atoms with van der Waals surface area (Å²) in [5.41, 5.74) is 2.33. The van der Waals surface area contributed by atoms with Crippen LogP contribution in [0.3, 0.4) is 0 Å². The second-order valence-electron chi connectivity index (χ2n) is 4.41. The minimum absolute atomic E-state index is 0.604. The van der Waals surface area contributed by atoms with Crippen LogP contribution < -0.4 is 5.32 Å². The Bertz CT molecular complexity index is 419. The highest BCUT2D eigenvalue weighted by Crippen LogP contribution is 2.20. The molecule has 0 amide bonds. The molecule has 0 aliphatic carbocycles. The van der Waals surface area contributed by atoms with Crippen molar-refractivity contribution in [2.75, 3.05) is 37.0 Å². The highest BCUT2D eigenvalue weighted by atomic mass is 32.2. The van der Waals surface area contributed by atoms with Gasteiger partial charge in [0.15, 0.2) is 0 Å². The van der Waals surface area contributed by atoms with Gasteiger partial charge in [0.25, 0.3) is 0 Å². The minimum Gasteiger partial charge on any atom is -0.373 e. The van der Waals surface area contributed by atoms with Crippen LogP contribution in [0.2, 0.25) is 0 Å². The zero-order valence-corrected chi connectivity index (χ0v) is 11.5. The van der Waals surface area contributed by atoms with Crippen LogP contribution in [0.4, 0.5) is 5.82 Å². The molecule has 1 aromatic heterocycles. The van der Waals surface area contributed by atoms with Crippen LogP contribution in [-0.2, 0) is 24.4 Å². The molecule has 2 heterocycles. The maximum atomic E-state index is 11.3. The molecule has 0 aromatic carbocycles. The predicted octanol–water partition coefficient (Wildman–Crippen LogP) is 0.335. The SMILES string of the molecule is CNc1c(CN2CCS(=O)CC2)c(C)nn1C. The maximum Gasteiger partial charge on any atom is 0.128 e. The Morgan fingerprint density at radius 1 is 1.41 bits per heavy atom. The third-order valence-corrected chi connectivity index (χ3v) is 4.51. The number of rotatable bonds is 3. The first-order chi connectivity index (χ1) is 8.11. The molecule has 0 unspecified atom stereocenters. The summed E-state index contributed by atoms with van der Waals surface area (Å²) in [5.74, 6) is 2.68. The summed E-state index contributed by atoms with van der Waals surface area (Å²) in [5, 5.41) is 7.63. The van der Waals surface area contributed by atoms with E-state index in [1.165, 1.54) is 5.56 Å². The van der Waals surface area contributed by atoms with Gasteiger partial charge in [-0.15, -0.1) is 0 Å². The molecule has 1 aliphatic rings. The molecule has 0 radical (unpaired) electrons. The monoisotopic (exact) mass is 256 g/mol. The Morgan fingerprint density at radius 3 is 2.65 bits per heavy atom. The van der Waals surface area contributed by atoms with Crippen LogP contribution in [0.5, 0.6) is 0 Å². The number of aromatic nitrogens is 2. The lowest BCUT2D eigenvalue weighted by Gasteiger charge is -2.26. The number of nitrogens with zero attached hydrogens (tertiary/aromatic N) is 3. The molecule has 5 nitrogen and oxygen atoms in total. The second-order valence-corrected chi connectivity index (χ2v) is 6.11. The molecule has 1 saturated heterocycles. The fourth-order valence-electron chi connectivity index (χ4n) is 2.26. The van der Waals surface area contributed by atoms with Crippen molar-refractivity contribution in [1.29, 1.82) is 0 Å². The van der Waals surface area contributed by atoms with Crippen LogP contribution in [0.15, 0.2) is 0 Å². The Labute approximate surface area is 105 Å². The van der Waals surface area contributed by atoms with Crippen molar-refractivity contribution in [3.63, 3.8) is 0 Å². The third-order valence-electron chi connectivity index (χ3n) is 3.24. The normalized spacial score (nSPS) is 18.5. The predicted molar refractivity (Wildman–Crippen MR) is 70.6 cm³/mol. The number of hydrogen-bond acceptors (Lipinski definition) is 4. The molecule has 1 aliphatic heterocycles. The molecule has 0 spiro atoms. The standard InChI is InChI=1S/C11H20N4OS/c1-9-10(11(12-2)14(3)13-9)8-15-4-6-17(16)7-5-15/h12H,4-8H2,1-3H3. The number of nitrogens with one attached hydrogen (secondary N) is 1. The van der Waals surface area contributed by atoms with E-state index < -0.39 is 10.8 Å². The van der Waals surface area contributed by atoms with Crippen molar-refractivity contribution >= 4 is 16.6 Å². The van der Waals surface area contributed by atoms with E-state index in [9.17, 15) is 4.21 Å². The van der Waals surface area contributed by atoms with Crippen LogP contribution in [-0.4, -0.2) is 50.5 Å². The van der Waals surface area contributed by atoms with E-state index in [1.54, 1.807) is 0 Å². The summed E-state index contributed by atoms with van der Waals surface area (Å²) >= 11 is 0. The van der Waals surface area contributed by atoms with Crippen LogP contribution in [0, 0.1) is 6.92 Å². The van der Waals surface area contributed by atoms with Gasteiger partial charge < -0.3 is 5.32 Å². The highest BCUT2D eigenvalue weighted by Gasteiger charge is 2.19. The molecule has 1 aromatic rings.